The summed E-state index contributed by atoms with van der Waals surface area (Å²) in [6.07, 6.45) is 0.320. The topological polar surface area (TPSA) is 87.3 Å². The largest absolute Gasteiger partial charge is 0.416 e. The Morgan fingerprint density at radius 3 is 2.53 bits per heavy atom. The summed E-state index contributed by atoms with van der Waals surface area (Å²) in [4.78, 5) is 12.2. The van der Waals surface area contributed by atoms with Crippen molar-refractivity contribution >= 4 is 15.9 Å². The predicted octanol–water partition coefficient (Wildman–Crippen LogP) is 4.77. The number of alkyl halides is 3. The number of hydrogen-bond acceptors (Lipinski definition) is 4. The van der Waals surface area contributed by atoms with Crippen LogP contribution in [0.25, 0.3) is 0 Å². The quantitative estimate of drug-likeness (QED) is 0.442. The summed E-state index contributed by atoms with van der Waals surface area (Å²) >= 11 is 0. The molecule has 2 aliphatic rings. The van der Waals surface area contributed by atoms with E-state index >= 15 is 0 Å². The second-order valence-corrected chi connectivity index (χ2v) is 11.6. The summed E-state index contributed by atoms with van der Waals surface area (Å²) in [7, 11) is -4.22. The SMILES string of the molecule is C[C@@H](CC(=O)N[C@@H]1CCCc2cc([C@@H](C)NC3CC3)ccc21)NS(=O)(=O)c1cccc(C(F)(F)F)c1. The van der Waals surface area contributed by atoms with E-state index in [0.29, 0.717) is 12.1 Å². The number of sulfonamides is 1. The van der Waals surface area contributed by atoms with Crippen molar-refractivity contribution in [3.8, 4) is 0 Å². The van der Waals surface area contributed by atoms with Crippen LogP contribution in [0.2, 0.25) is 0 Å². The lowest BCUT2D eigenvalue weighted by atomic mass is 9.85. The van der Waals surface area contributed by atoms with Crippen molar-refractivity contribution in [2.24, 2.45) is 0 Å². The molecule has 6 nitrogen and oxygen atoms in total. The van der Waals surface area contributed by atoms with Gasteiger partial charge in [-0.15, -0.1) is 0 Å². The highest BCUT2D eigenvalue weighted by atomic mass is 32.2. The van der Waals surface area contributed by atoms with Gasteiger partial charge in [0.1, 0.15) is 0 Å². The summed E-state index contributed by atoms with van der Waals surface area (Å²) in [6, 6.07) is 9.82. The average molecular weight is 524 g/mol. The summed E-state index contributed by atoms with van der Waals surface area (Å²) in [5, 5.41) is 6.61. The number of carbonyl (C=O) groups is 1. The maximum atomic E-state index is 13.0. The summed E-state index contributed by atoms with van der Waals surface area (Å²) in [5.41, 5.74) is 2.47. The molecule has 0 saturated heterocycles. The fourth-order valence-electron chi connectivity index (χ4n) is 4.70. The molecule has 10 heteroatoms. The van der Waals surface area contributed by atoms with E-state index in [9.17, 15) is 26.4 Å². The van der Waals surface area contributed by atoms with Crippen LogP contribution in [0.3, 0.4) is 0 Å². The van der Waals surface area contributed by atoms with Gasteiger partial charge in [0.25, 0.3) is 0 Å². The van der Waals surface area contributed by atoms with Crippen LogP contribution in [0.4, 0.5) is 13.2 Å². The van der Waals surface area contributed by atoms with Gasteiger partial charge in [-0.1, -0.05) is 24.3 Å². The van der Waals surface area contributed by atoms with Gasteiger partial charge in [-0.3, -0.25) is 4.79 Å². The molecule has 0 unspecified atom stereocenters. The molecule has 2 aromatic rings. The maximum absolute atomic E-state index is 13.0. The number of benzene rings is 2. The Kier molecular flexibility index (Phi) is 7.78. The third-order valence-corrected chi connectivity index (χ3v) is 8.29. The van der Waals surface area contributed by atoms with Gasteiger partial charge in [0.2, 0.25) is 15.9 Å². The average Bonchev–Trinajstić information content (AvgIpc) is 3.62. The first-order valence-electron chi connectivity index (χ1n) is 12.3. The Morgan fingerprint density at radius 1 is 1.08 bits per heavy atom. The number of amides is 1. The van der Waals surface area contributed by atoms with Crippen molar-refractivity contribution in [2.45, 2.75) is 87.6 Å². The van der Waals surface area contributed by atoms with E-state index in [1.807, 2.05) is 0 Å². The Balaban J connectivity index is 1.36. The lowest BCUT2D eigenvalue weighted by Crippen LogP contribution is -2.39. The molecule has 0 radical (unpaired) electrons. The smallest absolute Gasteiger partial charge is 0.349 e. The third kappa shape index (κ3) is 6.66. The van der Waals surface area contributed by atoms with Crippen LogP contribution in [0, 0.1) is 0 Å². The van der Waals surface area contributed by atoms with Gasteiger partial charge in [0.15, 0.2) is 0 Å². The van der Waals surface area contributed by atoms with Crippen molar-refractivity contribution in [1.82, 2.24) is 15.4 Å². The van der Waals surface area contributed by atoms with Crippen molar-refractivity contribution in [3.63, 3.8) is 0 Å². The highest BCUT2D eigenvalue weighted by Gasteiger charge is 2.32. The van der Waals surface area contributed by atoms with Crippen LogP contribution >= 0.6 is 0 Å². The molecule has 196 valence electrons. The van der Waals surface area contributed by atoms with Crippen LogP contribution in [0.1, 0.15) is 80.3 Å². The molecule has 1 fully saturated rings. The van der Waals surface area contributed by atoms with E-state index in [0.717, 1.165) is 43.0 Å². The molecule has 0 spiro atoms. The van der Waals surface area contributed by atoms with Crippen LogP contribution in [0.15, 0.2) is 47.4 Å². The van der Waals surface area contributed by atoms with Gasteiger partial charge >= 0.3 is 6.18 Å². The highest BCUT2D eigenvalue weighted by Crippen LogP contribution is 2.33. The normalized spacial score (nSPS) is 19.9. The molecule has 1 amide bonds. The monoisotopic (exact) mass is 523 g/mol. The van der Waals surface area contributed by atoms with Crippen LogP contribution in [-0.2, 0) is 27.4 Å². The van der Waals surface area contributed by atoms with E-state index < -0.39 is 32.7 Å². The number of carbonyl (C=O) groups excluding carboxylic acids is 1. The predicted molar refractivity (Wildman–Crippen MR) is 131 cm³/mol. The minimum absolute atomic E-state index is 0.134. The van der Waals surface area contributed by atoms with Gasteiger partial charge in [0, 0.05) is 24.5 Å². The number of hydrogen-bond donors (Lipinski definition) is 3. The summed E-state index contributed by atoms with van der Waals surface area (Å²) in [5.74, 6) is -0.320. The van der Waals surface area contributed by atoms with Crippen LogP contribution < -0.4 is 15.4 Å². The van der Waals surface area contributed by atoms with Gasteiger partial charge in [-0.25, -0.2) is 13.1 Å². The minimum Gasteiger partial charge on any atom is -0.349 e. The lowest BCUT2D eigenvalue weighted by Gasteiger charge is -2.28. The van der Waals surface area contributed by atoms with Gasteiger partial charge in [-0.05, 0) is 80.8 Å². The zero-order valence-electron chi connectivity index (χ0n) is 20.4. The Labute approximate surface area is 210 Å². The van der Waals surface area contributed by atoms with E-state index in [4.69, 9.17) is 0 Å². The number of fused-ring (bicyclic) bond motifs is 1. The van der Waals surface area contributed by atoms with Crippen molar-refractivity contribution < 1.29 is 26.4 Å². The molecule has 0 heterocycles. The summed E-state index contributed by atoms with van der Waals surface area (Å²) < 4.78 is 66.4. The van der Waals surface area contributed by atoms with Crippen LogP contribution in [-0.4, -0.2) is 26.4 Å². The Morgan fingerprint density at radius 2 is 1.83 bits per heavy atom. The summed E-state index contributed by atoms with van der Waals surface area (Å²) in [6.45, 7) is 3.67. The molecule has 4 rings (SSSR count). The molecule has 3 atom stereocenters. The second-order valence-electron chi connectivity index (χ2n) is 9.89. The first-order valence-corrected chi connectivity index (χ1v) is 13.8. The molecule has 2 aliphatic carbocycles. The van der Waals surface area contributed by atoms with E-state index in [1.165, 1.54) is 30.9 Å². The molecule has 36 heavy (non-hydrogen) atoms. The fraction of sp³-hybridized carbons (Fsp3) is 0.500. The van der Waals surface area contributed by atoms with E-state index in [-0.39, 0.29) is 24.4 Å². The number of nitrogens with one attached hydrogen (secondary N) is 3. The molecule has 0 aromatic heterocycles. The lowest BCUT2D eigenvalue weighted by molar-refractivity contribution is -0.137. The molecule has 1 saturated carbocycles. The van der Waals surface area contributed by atoms with Crippen molar-refractivity contribution in [2.75, 3.05) is 0 Å². The Bertz CT molecular complexity index is 1210. The van der Waals surface area contributed by atoms with Crippen molar-refractivity contribution in [3.05, 3.63) is 64.7 Å². The zero-order valence-corrected chi connectivity index (χ0v) is 21.2. The first-order chi connectivity index (χ1) is 16.9. The number of aryl methyl sites for hydroxylation is 1. The van der Waals surface area contributed by atoms with E-state index in [1.54, 1.807) is 0 Å². The first kappa shape index (κ1) is 26.6. The zero-order chi connectivity index (χ0) is 26.1. The number of halogens is 3. The van der Waals surface area contributed by atoms with Crippen LogP contribution in [0.5, 0.6) is 0 Å². The molecule has 2 aromatic carbocycles. The molecule has 0 bridgehead atoms. The van der Waals surface area contributed by atoms with Gasteiger partial charge in [-0.2, -0.15) is 13.2 Å². The van der Waals surface area contributed by atoms with Gasteiger partial charge < -0.3 is 10.6 Å². The fourth-order valence-corrected chi connectivity index (χ4v) is 5.99. The minimum atomic E-state index is -4.65. The Hall–Kier alpha value is -2.43. The third-order valence-electron chi connectivity index (χ3n) is 6.70. The van der Waals surface area contributed by atoms with Gasteiger partial charge in [0.05, 0.1) is 16.5 Å². The highest BCUT2D eigenvalue weighted by molar-refractivity contribution is 7.89. The molecule has 0 aliphatic heterocycles. The van der Waals surface area contributed by atoms with Crippen molar-refractivity contribution in [1.29, 1.82) is 0 Å². The molecular formula is C26H32F3N3O3S. The molecular weight excluding hydrogens is 491 g/mol. The standard InChI is InChI=1S/C26H32F3N3O3S/c1-16(32-36(34,35)22-7-4-6-20(15-22)26(27,28)29)13-25(33)31-24-8-3-5-19-14-18(9-12-23(19)24)17(2)30-21-10-11-21/h4,6-7,9,12,14-17,21,24,30,32H,3,5,8,10-11,13H2,1-2H3,(H,31,33)/t16-,17+,24+/m0/s1. The number of rotatable bonds is 9. The second kappa shape index (κ2) is 10.5. The molecule has 3 N–H and O–H groups in total. The van der Waals surface area contributed by atoms with E-state index in [2.05, 4.69) is 40.5 Å². The maximum Gasteiger partial charge on any atom is 0.416 e.